The topological polar surface area (TPSA) is 46.2 Å². The van der Waals surface area contributed by atoms with E-state index in [0.717, 1.165) is 12.0 Å². The number of rotatable bonds is 2. The van der Waals surface area contributed by atoms with Gasteiger partial charge in [0.15, 0.2) is 0 Å². The number of hydrogen-bond donors (Lipinski definition) is 1. The summed E-state index contributed by atoms with van der Waals surface area (Å²) in [5, 5.41) is 2.41. The lowest BCUT2D eigenvalue weighted by atomic mass is 9.93. The third kappa shape index (κ3) is 1.03. The van der Waals surface area contributed by atoms with Crippen LogP contribution in [0.2, 0.25) is 0 Å². The Morgan fingerprint density at radius 2 is 2.00 bits per heavy atom. The summed E-state index contributed by atoms with van der Waals surface area (Å²) in [6.07, 6.45) is 1.67. The number of carbonyl (C=O) groups is 2. The van der Waals surface area contributed by atoms with E-state index in [-0.39, 0.29) is 17.7 Å². The minimum absolute atomic E-state index is 0.107. The highest BCUT2D eigenvalue weighted by Crippen LogP contribution is 2.57. The van der Waals surface area contributed by atoms with Gasteiger partial charge in [-0.25, -0.2) is 0 Å². The number of nitrogens with one attached hydrogen (secondary N) is 1. The molecule has 0 bridgehead atoms. The first kappa shape index (κ1) is 9.58. The van der Waals surface area contributed by atoms with Crippen LogP contribution in [0.3, 0.4) is 0 Å². The highest BCUT2D eigenvalue weighted by Gasteiger charge is 2.69. The molecule has 0 unspecified atom stereocenters. The number of piperidine rings is 1. The molecule has 2 atom stereocenters. The number of hydrogen-bond acceptors (Lipinski definition) is 2. The fourth-order valence-corrected chi connectivity index (χ4v) is 2.63. The van der Waals surface area contributed by atoms with Gasteiger partial charge in [0.05, 0.1) is 11.3 Å². The monoisotopic (exact) mass is 215 g/mol. The maximum absolute atomic E-state index is 11.8. The van der Waals surface area contributed by atoms with Crippen LogP contribution in [0.25, 0.3) is 0 Å². The summed E-state index contributed by atoms with van der Waals surface area (Å²) in [6, 6.07) is 8.04. The molecule has 2 aliphatic rings. The zero-order valence-corrected chi connectivity index (χ0v) is 9.12. The average Bonchev–Trinajstić information content (AvgIpc) is 3.00. The predicted molar refractivity (Wildman–Crippen MR) is 58.8 cm³/mol. The molecule has 3 nitrogen and oxygen atoms in total. The zero-order valence-electron chi connectivity index (χ0n) is 9.12. The molecule has 0 radical (unpaired) electrons. The molecular weight excluding hydrogens is 202 g/mol. The van der Waals surface area contributed by atoms with E-state index in [2.05, 4.69) is 12.2 Å². The number of imide groups is 1. The second-order valence-corrected chi connectivity index (χ2v) is 4.60. The summed E-state index contributed by atoms with van der Waals surface area (Å²) in [6.45, 7) is 2.10. The van der Waals surface area contributed by atoms with Crippen LogP contribution in [0.1, 0.15) is 24.5 Å². The molecule has 1 aliphatic carbocycles. The molecule has 3 rings (SSSR count). The number of carbonyl (C=O) groups excluding carboxylic acids is 2. The maximum atomic E-state index is 11.8. The normalized spacial score (nSPS) is 31.2. The molecule has 3 heteroatoms. The van der Waals surface area contributed by atoms with Crippen molar-refractivity contribution in [2.24, 2.45) is 5.92 Å². The Morgan fingerprint density at radius 1 is 1.31 bits per heavy atom. The molecule has 82 valence electrons. The van der Waals surface area contributed by atoms with Gasteiger partial charge < -0.3 is 0 Å². The van der Waals surface area contributed by atoms with Crippen molar-refractivity contribution in [1.29, 1.82) is 0 Å². The van der Waals surface area contributed by atoms with E-state index in [0.29, 0.717) is 6.42 Å². The minimum Gasteiger partial charge on any atom is -0.295 e. The molecule has 1 saturated heterocycles. The molecule has 1 saturated carbocycles. The Labute approximate surface area is 93.8 Å². The Balaban J connectivity index is 1.99. The van der Waals surface area contributed by atoms with Gasteiger partial charge in [0.2, 0.25) is 11.8 Å². The Kier molecular flexibility index (Phi) is 1.76. The van der Waals surface area contributed by atoms with Gasteiger partial charge in [-0.1, -0.05) is 31.2 Å². The first-order valence-corrected chi connectivity index (χ1v) is 5.63. The molecule has 0 aromatic heterocycles. The lowest BCUT2D eigenvalue weighted by Crippen LogP contribution is -2.30. The van der Waals surface area contributed by atoms with E-state index in [1.807, 2.05) is 24.3 Å². The van der Waals surface area contributed by atoms with Crippen LogP contribution in [-0.4, -0.2) is 11.8 Å². The van der Waals surface area contributed by atoms with E-state index >= 15 is 0 Å². The molecule has 1 aromatic rings. The lowest BCUT2D eigenvalue weighted by Gasteiger charge is -2.10. The second-order valence-electron chi connectivity index (χ2n) is 4.60. The fourth-order valence-electron chi connectivity index (χ4n) is 2.63. The molecule has 1 heterocycles. The van der Waals surface area contributed by atoms with Crippen molar-refractivity contribution in [2.45, 2.75) is 25.2 Å². The molecule has 0 spiro atoms. The highest BCUT2D eigenvalue weighted by molar-refractivity contribution is 6.15. The van der Waals surface area contributed by atoms with Crippen molar-refractivity contribution >= 4 is 11.8 Å². The fraction of sp³-hybridized carbons (Fsp3) is 0.385. The number of aryl methyl sites for hydroxylation is 1. The van der Waals surface area contributed by atoms with Gasteiger partial charge in [-0.2, -0.15) is 0 Å². The van der Waals surface area contributed by atoms with Crippen molar-refractivity contribution in [1.82, 2.24) is 5.32 Å². The van der Waals surface area contributed by atoms with Gasteiger partial charge >= 0.3 is 0 Å². The van der Waals surface area contributed by atoms with Crippen LogP contribution in [-0.2, 0) is 21.4 Å². The van der Waals surface area contributed by atoms with Gasteiger partial charge in [0.1, 0.15) is 0 Å². The average molecular weight is 215 g/mol. The quantitative estimate of drug-likeness (QED) is 0.752. The summed E-state index contributed by atoms with van der Waals surface area (Å²) < 4.78 is 0. The second kappa shape index (κ2) is 2.94. The first-order valence-electron chi connectivity index (χ1n) is 5.63. The van der Waals surface area contributed by atoms with Crippen molar-refractivity contribution in [3.8, 4) is 0 Å². The molecule has 16 heavy (non-hydrogen) atoms. The van der Waals surface area contributed by atoms with Crippen LogP contribution < -0.4 is 5.32 Å². The number of fused-ring (bicyclic) bond motifs is 1. The molecule has 1 aromatic carbocycles. The van der Waals surface area contributed by atoms with E-state index in [1.165, 1.54) is 5.56 Å². The summed E-state index contributed by atoms with van der Waals surface area (Å²) in [7, 11) is 0. The third-order valence-corrected chi connectivity index (χ3v) is 3.80. The van der Waals surface area contributed by atoms with Crippen molar-refractivity contribution in [3.63, 3.8) is 0 Å². The molecule has 1 aliphatic heterocycles. The van der Waals surface area contributed by atoms with Crippen molar-refractivity contribution in [3.05, 3.63) is 35.4 Å². The van der Waals surface area contributed by atoms with Crippen molar-refractivity contribution < 1.29 is 9.59 Å². The Hall–Kier alpha value is -1.64. The Bertz CT molecular complexity index is 477. The summed E-state index contributed by atoms with van der Waals surface area (Å²) >= 11 is 0. The molecule has 2 fully saturated rings. The molecule has 2 amide bonds. The van der Waals surface area contributed by atoms with Crippen LogP contribution in [0.4, 0.5) is 0 Å². The summed E-state index contributed by atoms with van der Waals surface area (Å²) in [5.41, 5.74) is 1.71. The van der Waals surface area contributed by atoms with E-state index in [1.54, 1.807) is 0 Å². The lowest BCUT2D eigenvalue weighted by molar-refractivity contribution is -0.127. The van der Waals surface area contributed by atoms with E-state index in [4.69, 9.17) is 0 Å². The summed E-state index contributed by atoms with van der Waals surface area (Å²) in [5.74, 6) is -0.344. The highest BCUT2D eigenvalue weighted by atomic mass is 16.2. The van der Waals surface area contributed by atoms with Crippen LogP contribution in [0.5, 0.6) is 0 Å². The van der Waals surface area contributed by atoms with Gasteiger partial charge in [-0.05, 0) is 24.0 Å². The van der Waals surface area contributed by atoms with E-state index < -0.39 is 5.41 Å². The van der Waals surface area contributed by atoms with Gasteiger partial charge in [-0.3, -0.25) is 14.9 Å². The first-order chi connectivity index (χ1) is 7.68. The predicted octanol–water partition coefficient (Wildman–Crippen LogP) is 1.16. The van der Waals surface area contributed by atoms with E-state index in [9.17, 15) is 9.59 Å². The van der Waals surface area contributed by atoms with Crippen LogP contribution >= 0.6 is 0 Å². The van der Waals surface area contributed by atoms with Crippen LogP contribution in [0.15, 0.2) is 24.3 Å². The van der Waals surface area contributed by atoms with Crippen LogP contribution in [0, 0.1) is 5.92 Å². The third-order valence-electron chi connectivity index (χ3n) is 3.80. The standard InChI is InChI=1S/C13H13NO2/c1-2-8-3-5-9(6-4-8)13-7-10(13)11(15)14-12(13)16/h3-6,10H,2,7H2,1H3,(H,14,15,16)/t10-,13-/m0/s1. The SMILES string of the molecule is CCc1ccc([C@@]23C[C@H]2C(=O)NC3=O)cc1. The molecular formula is C13H13NO2. The molecule has 1 N–H and O–H groups in total. The van der Waals surface area contributed by atoms with Crippen molar-refractivity contribution in [2.75, 3.05) is 0 Å². The Morgan fingerprint density at radius 3 is 2.44 bits per heavy atom. The van der Waals surface area contributed by atoms with Gasteiger partial charge in [0, 0.05) is 0 Å². The summed E-state index contributed by atoms with van der Waals surface area (Å²) in [4.78, 5) is 23.2. The number of benzene rings is 1. The largest absolute Gasteiger partial charge is 0.295 e. The zero-order chi connectivity index (χ0) is 11.3. The van der Waals surface area contributed by atoms with Gasteiger partial charge in [0.25, 0.3) is 0 Å². The minimum atomic E-state index is -0.524. The maximum Gasteiger partial charge on any atom is 0.238 e. The smallest absolute Gasteiger partial charge is 0.238 e. The van der Waals surface area contributed by atoms with Gasteiger partial charge in [-0.15, -0.1) is 0 Å². The number of amides is 2.